The van der Waals surface area contributed by atoms with Gasteiger partial charge in [-0.15, -0.1) is 0 Å². The van der Waals surface area contributed by atoms with Crippen LogP contribution >= 0.6 is 27.7 Å². The van der Waals surface area contributed by atoms with Gasteiger partial charge in [0.05, 0.1) is 6.61 Å². The van der Waals surface area contributed by atoms with Crippen molar-refractivity contribution in [1.29, 1.82) is 0 Å². The van der Waals surface area contributed by atoms with Crippen molar-refractivity contribution < 1.29 is 17.9 Å². The highest BCUT2D eigenvalue weighted by Gasteiger charge is 2.39. The molecule has 0 aromatic heterocycles. The Labute approximate surface area is 82.2 Å². The standard InChI is InChI=1S/C6H10BrF3OS/c1-2-12-4-3-11-6(9,10)5(7)8/h5H,2-4H2,1H3. The van der Waals surface area contributed by atoms with Crippen molar-refractivity contribution >= 4 is 27.7 Å². The highest BCUT2D eigenvalue weighted by Crippen LogP contribution is 2.27. The number of rotatable bonds is 6. The molecule has 0 rings (SSSR count). The quantitative estimate of drug-likeness (QED) is 0.540. The summed E-state index contributed by atoms with van der Waals surface area (Å²) in [5.41, 5.74) is 0. The molecule has 0 saturated heterocycles. The lowest BCUT2D eigenvalue weighted by Gasteiger charge is -2.16. The first kappa shape index (κ1) is 12.6. The van der Waals surface area contributed by atoms with Crippen LogP contribution in [0.1, 0.15) is 6.92 Å². The molecule has 0 heterocycles. The molecule has 1 nitrogen and oxygen atoms in total. The second kappa shape index (κ2) is 6.10. The van der Waals surface area contributed by atoms with Crippen molar-refractivity contribution in [2.24, 2.45) is 0 Å². The molecule has 0 bridgehead atoms. The molecule has 0 aliphatic rings. The van der Waals surface area contributed by atoms with E-state index in [-0.39, 0.29) is 6.61 Å². The average Bonchev–Trinajstić information content (AvgIpc) is 1.98. The van der Waals surface area contributed by atoms with Gasteiger partial charge < -0.3 is 4.74 Å². The van der Waals surface area contributed by atoms with Gasteiger partial charge >= 0.3 is 6.11 Å². The van der Waals surface area contributed by atoms with Crippen LogP contribution in [0.4, 0.5) is 13.2 Å². The molecule has 0 saturated carbocycles. The number of thioether (sulfide) groups is 1. The predicted octanol–water partition coefficient (Wildman–Crippen LogP) is 3.04. The van der Waals surface area contributed by atoms with Gasteiger partial charge in [0.2, 0.25) is 5.08 Å². The van der Waals surface area contributed by atoms with E-state index < -0.39 is 11.2 Å². The number of hydrogen-bond donors (Lipinski definition) is 0. The molecule has 74 valence electrons. The van der Waals surface area contributed by atoms with E-state index in [4.69, 9.17) is 0 Å². The lowest BCUT2D eigenvalue weighted by Crippen LogP contribution is -2.29. The van der Waals surface area contributed by atoms with E-state index in [9.17, 15) is 13.2 Å². The molecule has 0 N–H and O–H groups in total. The van der Waals surface area contributed by atoms with Gasteiger partial charge in [0.25, 0.3) is 0 Å². The summed E-state index contributed by atoms with van der Waals surface area (Å²) in [6.07, 6.45) is -3.71. The molecular weight excluding hydrogens is 257 g/mol. The van der Waals surface area contributed by atoms with Gasteiger partial charge in [0.1, 0.15) is 0 Å². The van der Waals surface area contributed by atoms with Crippen molar-refractivity contribution in [3.05, 3.63) is 0 Å². The van der Waals surface area contributed by atoms with Crippen LogP contribution in [0.2, 0.25) is 0 Å². The summed E-state index contributed by atoms with van der Waals surface area (Å²) in [5.74, 6) is 1.29. The second-order valence-electron chi connectivity index (χ2n) is 1.91. The summed E-state index contributed by atoms with van der Waals surface area (Å²) < 4.78 is 40.7. The molecule has 0 aliphatic heterocycles. The topological polar surface area (TPSA) is 9.23 Å². The molecule has 0 aliphatic carbocycles. The Bertz CT molecular complexity index is 123. The maximum atomic E-state index is 12.3. The molecule has 0 spiro atoms. The van der Waals surface area contributed by atoms with Crippen LogP contribution in [0.15, 0.2) is 0 Å². The van der Waals surface area contributed by atoms with Crippen LogP contribution in [0, 0.1) is 0 Å². The van der Waals surface area contributed by atoms with E-state index in [2.05, 4.69) is 20.7 Å². The van der Waals surface area contributed by atoms with E-state index in [1.165, 1.54) is 11.8 Å². The van der Waals surface area contributed by atoms with Gasteiger partial charge in [-0.1, -0.05) is 6.92 Å². The Hall–Kier alpha value is 0.580. The minimum absolute atomic E-state index is 0.141. The van der Waals surface area contributed by atoms with Crippen molar-refractivity contribution in [1.82, 2.24) is 0 Å². The number of halogens is 4. The zero-order chi connectivity index (χ0) is 9.61. The van der Waals surface area contributed by atoms with Crippen LogP contribution in [0.3, 0.4) is 0 Å². The van der Waals surface area contributed by atoms with Gasteiger partial charge in [-0.2, -0.15) is 20.5 Å². The minimum atomic E-state index is -3.71. The van der Waals surface area contributed by atoms with E-state index in [1.54, 1.807) is 0 Å². The summed E-state index contributed by atoms with van der Waals surface area (Å²) in [6.45, 7) is 1.77. The van der Waals surface area contributed by atoms with Crippen LogP contribution in [0.25, 0.3) is 0 Å². The Balaban J connectivity index is 3.47. The molecule has 12 heavy (non-hydrogen) atoms. The van der Waals surface area contributed by atoms with Crippen LogP contribution in [-0.2, 0) is 4.74 Å². The van der Waals surface area contributed by atoms with Gasteiger partial charge in [-0.05, 0) is 21.7 Å². The van der Waals surface area contributed by atoms with Gasteiger partial charge in [-0.25, -0.2) is 4.39 Å². The third-order valence-electron chi connectivity index (χ3n) is 0.980. The summed E-state index contributed by atoms with van der Waals surface area (Å²) in [4.78, 5) is 0. The van der Waals surface area contributed by atoms with Crippen molar-refractivity contribution in [3.8, 4) is 0 Å². The Morgan fingerprint density at radius 3 is 2.58 bits per heavy atom. The first-order valence-electron chi connectivity index (χ1n) is 3.38. The van der Waals surface area contributed by atoms with Crippen LogP contribution < -0.4 is 0 Å². The Morgan fingerprint density at radius 2 is 2.17 bits per heavy atom. The molecular formula is C6H10BrF3OS. The molecule has 6 heteroatoms. The molecule has 0 aromatic rings. The van der Waals surface area contributed by atoms with Crippen molar-refractivity contribution in [3.63, 3.8) is 0 Å². The maximum Gasteiger partial charge on any atom is 0.396 e. The third-order valence-corrected chi connectivity index (χ3v) is 2.38. The second-order valence-corrected chi connectivity index (χ2v) is 4.11. The summed E-state index contributed by atoms with van der Waals surface area (Å²) in [7, 11) is 0. The summed E-state index contributed by atoms with van der Waals surface area (Å²) >= 11 is 3.58. The van der Waals surface area contributed by atoms with E-state index >= 15 is 0 Å². The predicted molar refractivity (Wildman–Crippen MR) is 47.7 cm³/mol. The molecule has 0 aromatic carbocycles. The van der Waals surface area contributed by atoms with Gasteiger partial charge in [0, 0.05) is 5.75 Å². The lowest BCUT2D eigenvalue weighted by atomic mass is 10.7. The minimum Gasteiger partial charge on any atom is -0.317 e. The van der Waals surface area contributed by atoms with Crippen molar-refractivity contribution in [2.45, 2.75) is 18.1 Å². The average molecular weight is 267 g/mol. The fourth-order valence-electron chi connectivity index (χ4n) is 0.444. The van der Waals surface area contributed by atoms with Crippen LogP contribution in [-0.4, -0.2) is 29.3 Å². The number of hydrogen-bond acceptors (Lipinski definition) is 2. The smallest absolute Gasteiger partial charge is 0.317 e. The fourth-order valence-corrected chi connectivity index (χ4v) is 1.07. The number of alkyl halides is 4. The largest absolute Gasteiger partial charge is 0.396 e. The van der Waals surface area contributed by atoms with E-state index in [0.29, 0.717) is 5.75 Å². The SMILES string of the molecule is CCSCCOC(F)(F)C(F)Br. The van der Waals surface area contributed by atoms with Crippen molar-refractivity contribution in [2.75, 3.05) is 18.1 Å². The molecule has 0 amide bonds. The zero-order valence-electron chi connectivity index (χ0n) is 6.53. The molecule has 0 radical (unpaired) electrons. The number of ether oxygens (including phenoxy) is 1. The zero-order valence-corrected chi connectivity index (χ0v) is 8.93. The maximum absolute atomic E-state index is 12.3. The van der Waals surface area contributed by atoms with Gasteiger partial charge in [0.15, 0.2) is 0 Å². The lowest BCUT2D eigenvalue weighted by molar-refractivity contribution is -0.250. The molecule has 1 atom stereocenters. The van der Waals surface area contributed by atoms with E-state index in [1.807, 2.05) is 6.92 Å². The summed E-state index contributed by atoms with van der Waals surface area (Å²) in [5, 5.41) is -2.43. The highest BCUT2D eigenvalue weighted by atomic mass is 79.9. The monoisotopic (exact) mass is 266 g/mol. The van der Waals surface area contributed by atoms with Crippen LogP contribution in [0.5, 0.6) is 0 Å². The van der Waals surface area contributed by atoms with Gasteiger partial charge in [-0.3, -0.25) is 0 Å². The Kier molecular flexibility index (Phi) is 6.39. The first-order chi connectivity index (χ1) is 5.50. The fraction of sp³-hybridized carbons (Fsp3) is 1.00. The highest BCUT2D eigenvalue weighted by molar-refractivity contribution is 9.09. The Morgan fingerprint density at radius 1 is 1.58 bits per heavy atom. The third kappa shape index (κ3) is 5.27. The molecule has 1 unspecified atom stereocenters. The normalized spacial score (nSPS) is 14.8. The van der Waals surface area contributed by atoms with E-state index in [0.717, 1.165) is 5.75 Å². The summed E-state index contributed by atoms with van der Waals surface area (Å²) in [6, 6.07) is 0. The molecule has 0 fully saturated rings. The first-order valence-corrected chi connectivity index (χ1v) is 5.45.